The highest BCUT2D eigenvalue weighted by Crippen LogP contribution is 2.16. The predicted octanol–water partition coefficient (Wildman–Crippen LogP) is 2.65. The fraction of sp³-hybridized carbons (Fsp3) is 0.231. The van der Waals surface area contributed by atoms with E-state index >= 15 is 0 Å². The van der Waals surface area contributed by atoms with Gasteiger partial charge in [0.2, 0.25) is 0 Å². The molecule has 0 heterocycles. The number of aliphatic hydroxyl groups excluding tert-OH is 1. The maximum absolute atomic E-state index is 10.9. The minimum absolute atomic E-state index is 0.316. The molecule has 0 bridgehead atoms. The maximum Gasteiger partial charge on any atom is 0.338 e. The number of esters is 1. The third kappa shape index (κ3) is 4.87. The van der Waals surface area contributed by atoms with E-state index in [1.807, 2.05) is 0 Å². The molecule has 0 fully saturated rings. The molecule has 3 nitrogen and oxygen atoms in total. The number of ether oxygens (including phenoxy) is 1. The van der Waals surface area contributed by atoms with E-state index in [2.05, 4.69) is 10.5 Å². The van der Waals surface area contributed by atoms with Crippen LogP contribution in [0.25, 0.3) is 0 Å². The van der Waals surface area contributed by atoms with Gasteiger partial charge in [0.1, 0.15) is 6.10 Å². The van der Waals surface area contributed by atoms with E-state index in [-0.39, 0.29) is 0 Å². The van der Waals surface area contributed by atoms with Gasteiger partial charge in [-0.25, -0.2) is 4.79 Å². The molecule has 1 aromatic carbocycles. The molecule has 0 aliphatic heterocycles. The molecule has 1 rings (SSSR count). The Kier molecular flexibility index (Phi) is 5.50. The van der Waals surface area contributed by atoms with Crippen LogP contribution in [0, 0.1) is 0 Å². The van der Waals surface area contributed by atoms with Crippen LogP contribution in [0.4, 0.5) is 0 Å². The second-order valence-corrected chi connectivity index (χ2v) is 3.66. The molecular weight excluding hydrogens is 240 g/mol. The summed E-state index contributed by atoms with van der Waals surface area (Å²) < 4.78 is 4.67. The van der Waals surface area contributed by atoms with Crippen LogP contribution in [-0.2, 0) is 9.53 Å². The zero-order valence-electron chi connectivity index (χ0n) is 9.39. The van der Waals surface area contributed by atoms with Crippen molar-refractivity contribution in [2.45, 2.75) is 13.0 Å². The molecule has 0 saturated heterocycles. The summed E-state index contributed by atoms with van der Waals surface area (Å²) in [6.07, 6.45) is 1.70. The predicted molar refractivity (Wildman–Crippen MR) is 65.7 cm³/mol. The van der Waals surface area contributed by atoms with Gasteiger partial charge in [-0.3, -0.25) is 0 Å². The molecule has 4 heteroatoms. The summed E-state index contributed by atoms with van der Waals surface area (Å²) in [6, 6.07) is 6.77. The lowest BCUT2D eigenvalue weighted by atomic mass is 10.1. The maximum atomic E-state index is 10.9. The summed E-state index contributed by atoms with van der Waals surface area (Å²) in [7, 11) is 0. The zero-order chi connectivity index (χ0) is 12.7. The van der Waals surface area contributed by atoms with E-state index in [1.54, 1.807) is 31.2 Å². The van der Waals surface area contributed by atoms with Gasteiger partial charge in [-0.05, 0) is 30.7 Å². The Labute approximate surface area is 105 Å². The number of rotatable bonds is 4. The molecule has 1 unspecified atom stereocenters. The first-order chi connectivity index (χ1) is 8.13. The lowest BCUT2D eigenvalue weighted by molar-refractivity contribution is -0.137. The van der Waals surface area contributed by atoms with Gasteiger partial charge in [0, 0.05) is 5.02 Å². The van der Waals surface area contributed by atoms with Gasteiger partial charge >= 0.3 is 5.97 Å². The van der Waals surface area contributed by atoms with E-state index in [1.165, 1.54) is 6.08 Å². The first kappa shape index (κ1) is 13.5. The molecule has 0 spiro atoms. The Balaban J connectivity index is 2.65. The summed E-state index contributed by atoms with van der Waals surface area (Å²) >= 11 is 5.72. The first-order valence-corrected chi connectivity index (χ1v) is 5.54. The van der Waals surface area contributed by atoms with Crippen LogP contribution in [0.2, 0.25) is 5.02 Å². The highest BCUT2D eigenvalue weighted by molar-refractivity contribution is 6.30. The Hall–Kier alpha value is -1.54. The van der Waals surface area contributed by atoms with Crippen molar-refractivity contribution in [3.8, 4) is 0 Å². The molecular formula is C13H13ClO3. The SMILES string of the molecule is CCOC(=O)C=C=CC(O)c1ccc(Cl)cc1. The van der Waals surface area contributed by atoms with Gasteiger partial charge in [-0.1, -0.05) is 23.7 Å². The van der Waals surface area contributed by atoms with E-state index in [4.69, 9.17) is 11.6 Å². The van der Waals surface area contributed by atoms with Crippen molar-refractivity contribution in [3.63, 3.8) is 0 Å². The van der Waals surface area contributed by atoms with Crippen LogP contribution >= 0.6 is 11.6 Å². The number of halogens is 1. The van der Waals surface area contributed by atoms with E-state index in [0.29, 0.717) is 17.2 Å². The van der Waals surface area contributed by atoms with E-state index in [0.717, 1.165) is 6.08 Å². The summed E-state index contributed by atoms with van der Waals surface area (Å²) in [5.41, 5.74) is 3.26. The fourth-order valence-corrected chi connectivity index (χ4v) is 1.27. The highest BCUT2D eigenvalue weighted by atomic mass is 35.5. The molecule has 0 aliphatic rings. The summed E-state index contributed by atoms with van der Waals surface area (Å²) in [4.78, 5) is 10.9. The first-order valence-electron chi connectivity index (χ1n) is 5.16. The van der Waals surface area contributed by atoms with E-state index < -0.39 is 12.1 Å². The van der Waals surface area contributed by atoms with Crippen LogP contribution in [0.5, 0.6) is 0 Å². The molecule has 1 atom stereocenters. The van der Waals surface area contributed by atoms with Crippen molar-refractivity contribution in [3.05, 3.63) is 52.7 Å². The summed E-state index contributed by atoms with van der Waals surface area (Å²) in [5.74, 6) is -0.480. The minimum atomic E-state index is -0.821. The van der Waals surface area contributed by atoms with E-state index in [9.17, 15) is 9.90 Å². The molecule has 90 valence electrons. The average Bonchev–Trinajstić information content (AvgIpc) is 2.30. The largest absolute Gasteiger partial charge is 0.462 e. The highest BCUT2D eigenvalue weighted by Gasteiger charge is 2.02. The number of hydrogen-bond donors (Lipinski definition) is 1. The van der Waals surface area contributed by atoms with Gasteiger partial charge < -0.3 is 9.84 Å². The smallest absolute Gasteiger partial charge is 0.338 e. The second kappa shape index (κ2) is 6.92. The third-order valence-corrected chi connectivity index (χ3v) is 2.21. The van der Waals surface area contributed by atoms with Crippen molar-refractivity contribution in [2.75, 3.05) is 6.61 Å². The second-order valence-electron chi connectivity index (χ2n) is 3.23. The summed E-state index contributed by atoms with van der Waals surface area (Å²) in [6.45, 7) is 2.04. The van der Waals surface area contributed by atoms with Gasteiger partial charge in [0.15, 0.2) is 0 Å². The molecule has 17 heavy (non-hydrogen) atoms. The molecule has 0 aliphatic carbocycles. The number of carbonyl (C=O) groups is 1. The van der Waals surface area contributed by atoms with Gasteiger partial charge in [-0.15, -0.1) is 5.73 Å². The van der Waals surface area contributed by atoms with Crippen molar-refractivity contribution < 1.29 is 14.6 Å². The van der Waals surface area contributed by atoms with Crippen LogP contribution in [-0.4, -0.2) is 17.7 Å². The van der Waals surface area contributed by atoms with Crippen molar-refractivity contribution >= 4 is 17.6 Å². The number of benzene rings is 1. The number of carbonyl (C=O) groups excluding carboxylic acids is 1. The van der Waals surface area contributed by atoms with Crippen LogP contribution in [0.1, 0.15) is 18.6 Å². The molecule has 0 radical (unpaired) electrons. The quantitative estimate of drug-likeness (QED) is 0.509. The van der Waals surface area contributed by atoms with Crippen molar-refractivity contribution in [2.24, 2.45) is 0 Å². The van der Waals surface area contributed by atoms with Crippen LogP contribution in [0.3, 0.4) is 0 Å². The fourth-order valence-electron chi connectivity index (χ4n) is 1.15. The Morgan fingerprint density at radius 2 is 2.18 bits per heavy atom. The Bertz CT molecular complexity index is 430. The monoisotopic (exact) mass is 252 g/mol. The normalized spacial score (nSPS) is 11.2. The van der Waals surface area contributed by atoms with Gasteiger partial charge in [0.25, 0.3) is 0 Å². The minimum Gasteiger partial charge on any atom is -0.462 e. The lowest BCUT2D eigenvalue weighted by Crippen LogP contribution is -1.98. The molecule has 1 N–H and O–H groups in total. The van der Waals surface area contributed by atoms with Crippen LogP contribution in [0.15, 0.2) is 42.1 Å². The summed E-state index contributed by atoms with van der Waals surface area (Å²) in [5, 5.41) is 10.3. The van der Waals surface area contributed by atoms with Crippen LogP contribution < -0.4 is 0 Å². The topological polar surface area (TPSA) is 46.5 Å². The van der Waals surface area contributed by atoms with Gasteiger partial charge in [-0.2, -0.15) is 0 Å². The standard InChI is InChI=1S/C13H13ClO3/c1-2-17-13(16)5-3-4-12(15)10-6-8-11(14)9-7-10/h4-9,12,15H,2H2,1H3. The zero-order valence-corrected chi connectivity index (χ0v) is 10.1. The molecule has 0 aromatic heterocycles. The van der Waals surface area contributed by atoms with Gasteiger partial charge in [0.05, 0.1) is 12.7 Å². The van der Waals surface area contributed by atoms with Crippen molar-refractivity contribution in [1.29, 1.82) is 0 Å². The molecule has 0 amide bonds. The lowest BCUT2D eigenvalue weighted by Gasteiger charge is -2.03. The Morgan fingerprint density at radius 1 is 1.53 bits per heavy atom. The molecule has 1 aromatic rings. The number of aliphatic hydroxyl groups is 1. The number of hydrogen-bond acceptors (Lipinski definition) is 3. The van der Waals surface area contributed by atoms with Crippen molar-refractivity contribution in [1.82, 2.24) is 0 Å². The molecule has 0 saturated carbocycles. The Morgan fingerprint density at radius 3 is 2.76 bits per heavy atom. The average molecular weight is 253 g/mol. The third-order valence-electron chi connectivity index (χ3n) is 1.95.